The van der Waals surface area contributed by atoms with Gasteiger partial charge in [-0.25, -0.2) is 18.2 Å². The average Bonchev–Trinajstić information content (AvgIpc) is 2.83. The number of carbonyl (C=O) groups excluding carboxylic acids is 1. The van der Waals surface area contributed by atoms with E-state index < -0.39 is 10.0 Å². The SMILES string of the molecule is Cc1ccc(S(N)(=O)=O)cc1NC(=O)Cn1ccnn1. The highest BCUT2D eigenvalue weighted by molar-refractivity contribution is 7.89. The molecular weight excluding hydrogens is 282 g/mol. The van der Waals surface area contributed by atoms with Crippen molar-refractivity contribution in [2.45, 2.75) is 18.4 Å². The van der Waals surface area contributed by atoms with Crippen LogP contribution in [0.25, 0.3) is 0 Å². The van der Waals surface area contributed by atoms with Crippen molar-refractivity contribution >= 4 is 21.6 Å². The number of nitrogens with two attached hydrogens (primary N) is 1. The molecule has 0 radical (unpaired) electrons. The zero-order chi connectivity index (χ0) is 14.8. The molecule has 0 saturated heterocycles. The highest BCUT2D eigenvalue weighted by atomic mass is 32.2. The van der Waals surface area contributed by atoms with Gasteiger partial charge in [-0.2, -0.15) is 0 Å². The molecule has 0 aliphatic rings. The zero-order valence-corrected chi connectivity index (χ0v) is 11.5. The number of rotatable bonds is 4. The molecule has 0 aliphatic heterocycles. The van der Waals surface area contributed by atoms with Crippen LogP contribution >= 0.6 is 0 Å². The fourth-order valence-corrected chi connectivity index (χ4v) is 2.11. The average molecular weight is 295 g/mol. The van der Waals surface area contributed by atoms with Crippen molar-refractivity contribution in [3.63, 3.8) is 0 Å². The van der Waals surface area contributed by atoms with E-state index in [0.29, 0.717) is 5.69 Å². The quantitative estimate of drug-likeness (QED) is 0.814. The van der Waals surface area contributed by atoms with Crippen LogP contribution in [0.1, 0.15) is 5.56 Å². The van der Waals surface area contributed by atoms with E-state index in [1.165, 1.54) is 23.0 Å². The number of aromatic nitrogens is 3. The van der Waals surface area contributed by atoms with Crippen LogP contribution in [0.4, 0.5) is 5.69 Å². The predicted octanol–water partition coefficient (Wildman–Crippen LogP) is -0.127. The zero-order valence-electron chi connectivity index (χ0n) is 10.6. The van der Waals surface area contributed by atoms with Gasteiger partial charge in [-0.05, 0) is 24.6 Å². The first-order chi connectivity index (χ1) is 9.36. The van der Waals surface area contributed by atoms with Crippen LogP contribution in [0.2, 0.25) is 0 Å². The smallest absolute Gasteiger partial charge is 0.246 e. The predicted molar refractivity (Wildman–Crippen MR) is 71.2 cm³/mol. The Morgan fingerprint density at radius 1 is 1.45 bits per heavy atom. The summed E-state index contributed by atoms with van der Waals surface area (Å²) in [6, 6.07) is 4.28. The first-order valence-electron chi connectivity index (χ1n) is 5.63. The Hall–Kier alpha value is -2.26. The summed E-state index contributed by atoms with van der Waals surface area (Å²) in [4.78, 5) is 11.8. The second-order valence-electron chi connectivity index (χ2n) is 4.17. The van der Waals surface area contributed by atoms with Crippen molar-refractivity contribution in [3.8, 4) is 0 Å². The molecule has 2 rings (SSSR count). The molecule has 0 saturated carbocycles. The molecule has 20 heavy (non-hydrogen) atoms. The molecule has 2 aromatic rings. The van der Waals surface area contributed by atoms with Gasteiger partial charge in [-0.3, -0.25) is 4.79 Å². The lowest BCUT2D eigenvalue weighted by Gasteiger charge is -2.09. The second-order valence-corrected chi connectivity index (χ2v) is 5.73. The molecule has 9 heteroatoms. The van der Waals surface area contributed by atoms with E-state index in [2.05, 4.69) is 15.6 Å². The number of hydrogen-bond acceptors (Lipinski definition) is 5. The number of hydrogen-bond donors (Lipinski definition) is 2. The summed E-state index contributed by atoms with van der Waals surface area (Å²) >= 11 is 0. The maximum atomic E-state index is 11.8. The molecule has 8 nitrogen and oxygen atoms in total. The number of carbonyl (C=O) groups is 1. The molecule has 0 bridgehead atoms. The van der Waals surface area contributed by atoms with Crippen LogP contribution in [-0.4, -0.2) is 29.3 Å². The minimum Gasteiger partial charge on any atom is -0.324 e. The van der Waals surface area contributed by atoms with Gasteiger partial charge >= 0.3 is 0 Å². The van der Waals surface area contributed by atoms with E-state index in [0.717, 1.165) is 5.56 Å². The summed E-state index contributed by atoms with van der Waals surface area (Å²) in [6.07, 6.45) is 3.01. The van der Waals surface area contributed by atoms with Gasteiger partial charge in [0.05, 0.1) is 11.1 Å². The molecule has 3 N–H and O–H groups in total. The summed E-state index contributed by atoms with van der Waals surface area (Å²) in [5.41, 5.74) is 1.12. The molecule has 1 aromatic heterocycles. The van der Waals surface area contributed by atoms with Gasteiger partial charge in [-0.15, -0.1) is 5.10 Å². The fourth-order valence-electron chi connectivity index (χ4n) is 1.57. The van der Waals surface area contributed by atoms with Crippen LogP contribution in [-0.2, 0) is 21.4 Å². The van der Waals surface area contributed by atoms with E-state index in [4.69, 9.17) is 5.14 Å². The first-order valence-corrected chi connectivity index (χ1v) is 7.18. The summed E-state index contributed by atoms with van der Waals surface area (Å²) in [7, 11) is -3.81. The van der Waals surface area contributed by atoms with Crippen molar-refractivity contribution in [2.75, 3.05) is 5.32 Å². The lowest BCUT2D eigenvalue weighted by molar-refractivity contribution is -0.116. The molecule has 1 amide bonds. The van der Waals surface area contributed by atoms with Crippen LogP contribution in [0.3, 0.4) is 0 Å². The molecule has 0 fully saturated rings. The normalized spacial score (nSPS) is 11.3. The highest BCUT2D eigenvalue weighted by Crippen LogP contribution is 2.19. The van der Waals surface area contributed by atoms with Crippen molar-refractivity contribution in [2.24, 2.45) is 5.14 Å². The molecule has 0 unspecified atom stereocenters. The van der Waals surface area contributed by atoms with Gasteiger partial charge in [0.25, 0.3) is 0 Å². The standard InChI is InChI=1S/C11H13N5O3S/c1-8-2-3-9(20(12,18)19)6-10(8)14-11(17)7-16-5-4-13-15-16/h2-6H,7H2,1H3,(H,14,17)(H2,12,18,19). The number of anilines is 1. The summed E-state index contributed by atoms with van der Waals surface area (Å²) in [5, 5.41) is 14.9. The van der Waals surface area contributed by atoms with Crippen LogP contribution < -0.4 is 10.5 Å². The molecule has 0 aliphatic carbocycles. The number of nitrogens with one attached hydrogen (secondary N) is 1. The maximum Gasteiger partial charge on any atom is 0.246 e. The first kappa shape index (κ1) is 14.2. The van der Waals surface area contributed by atoms with Gasteiger partial charge < -0.3 is 5.32 Å². The molecule has 106 valence electrons. The van der Waals surface area contributed by atoms with Gasteiger partial charge in [0.15, 0.2) is 0 Å². The molecule has 0 atom stereocenters. The molecule has 1 heterocycles. The third kappa shape index (κ3) is 3.39. The van der Waals surface area contributed by atoms with Crippen LogP contribution in [0, 0.1) is 6.92 Å². The third-order valence-electron chi connectivity index (χ3n) is 2.59. The second kappa shape index (κ2) is 5.39. The lowest BCUT2D eigenvalue weighted by atomic mass is 10.2. The fraction of sp³-hybridized carbons (Fsp3) is 0.182. The Labute approximate surface area is 115 Å². The Morgan fingerprint density at radius 2 is 2.20 bits per heavy atom. The van der Waals surface area contributed by atoms with E-state index in [1.807, 2.05) is 0 Å². The van der Waals surface area contributed by atoms with Gasteiger partial charge in [0.2, 0.25) is 15.9 Å². The number of amides is 1. The highest BCUT2D eigenvalue weighted by Gasteiger charge is 2.12. The van der Waals surface area contributed by atoms with Crippen molar-refractivity contribution in [1.82, 2.24) is 15.0 Å². The van der Waals surface area contributed by atoms with E-state index in [9.17, 15) is 13.2 Å². The van der Waals surface area contributed by atoms with Crippen LogP contribution in [0.15, 0.2) is 35.5 Å². The largest absolute Gasteiger partial charge is 0.324 e. The number of sulfonamides is 1. The van der Waals surface area contributed by atoms with E-state index in [-0.39, 0.29) is 17.3 Å². The minimum absolute atomic E-state index is 0.0148. The summed E-state index contributed by atoms with van der Waals surface area (Å²) in [5.74, 6) is -0.342. The monoisotopic (exact) mass is 295 g/mol. The Bertz CT molecular complexity index is 725. The van der Waals surface area contributed by atoms with Crippen LogP contribution in [0.5, 0.6) is 0 Å². The summed E-state index contributed by atoms with van der Waals surface area (Å²) < 4.78 is 23.9. The van der Waals surface area contributed by atoms with E-state index in [1.54, 1.807) is 19.2 Å². The molecule has 1 aromatic carbocycles. The lowest BCUT2D eigenvalue weighted by Crippen LogP contribution is -2.20. The Kier molecular flexibility index (Phi) is 3.81. The van der Waals surface area contributed by atoms with Gasteiger partial charge in [0, 0.05) is 11.9 Å². The third-order valence-corrected chi connectivity index (χ3v) is 3.50. The molecular formula is C11H13N5O3S. The van der Waals surface area contributed by atoms with Gasteiger partial charge in [-0.1, -0.05) is 11.3 Å². The Morgan fingerprint density at radius 3 is 2.80 bits per heavy atom. The maximum absolute atomic E-state index is 11.8. The Balaban J connectivity index is 2.18. The van der Waals surface area contributed by atoms with Crippen molar-refractivity contribution < 1.29 is 13.2 Å². The number of benzene rings is 1. The summed E-state index contributed by atoms with van der Waals surface area (Å²) in [6.45, 7) is 1.73. The van der Waals surface area contributed by atoms with Crippen molar-refractivity contribution in [3.05, 3.63) is 36.2 Å². The number of aryl methyl sites for hydroxylation is 1. The van der Waals surface area contributed by atoms with Crippen molar-refractivity contribution in [1.29, 1.82) is 0 Å². The number of primary sulfonamides is 1. The van der Waals surface area contributed by atoms with E-state index >= 15 is 0 Å². The number of nitrogens with zero attached hydrogens (tertiary/aromatic N) is 3. The minimum atomic E-state index is -3.81. The molecule has 0 spiro atoms. The topological polar surface area (TPSA) is 120 Å². The van der Waals surface area contributed by atoms with Gasteiger partial charge in [0.1, 0.15) is 6.54 Å².